The van der Waals surface area contributed by atoms with Gasteiger partial charge in [-0.15, -0.1) is 0 Å². The fraction of sp³-hybridized carbons (Fsp3) is 0.467. The van der Waals surface area contributed by atoms with E-state index in [1.807, 2.05) is 0 Å². The molecular formula is C15H19N3O4S. The lowest BCUT2D eigenvalue weighted by molar-refractivity contribution is -0.123. The van der Waals surface area contributed by atoms with Gasteiger partial charge in [-0.1, -0.05) is 6.07 Å². The van der Waals surface area contributed by atoms with Gasteiger partial charge in [-0.05, 0) is 43.9 Å². The van der Waals surface area contributed by atoms with Gasteiger partial charge in [0.15, 0.2) is 0 Å². The summed E-state index contributed by atoms with van der Waals surface area (Å²) in [6, 6.07) is 5.86. The van der Waals surface area contributed by atoms with E-state index >= 15 is 0 Å². The standard InChI is InChI=1S/C15H19N3O4S/c19-14(11-6-7-11)16-17-15(20)12-4-3-5-13(10-12)23(21,22)18-8-1-2-9-18/h3-5,10-11H,1-2,6-9H2,(H,16,19)(H,17,20). The summed E-state index contributed by atoms with van der Waals surface area (Å²) in [5.74, 6) is -0.756. The maximum Gasteiger partial charge on any atom is 0.269 e. The average molecular weight is 337 g/mol. The molecule has 1 saturated heterocycles. The Labute approximate surface area is 135 Å². The van der Waals surface area contributed by atoms with Gasteiger partial charge in [-0.3, -0.25) is 20.4 Å². The van der Waals surface area contributed by atoms with Crippen molar-refractivity contribution in [3.05, 3.63) is 29.8 Å². The number of rotatable bonds is 4. The molecule has 0 unspecified atom stereocenters. The number of nitrogens with one attached hydrogen (secondary N) is 2. The molecule has 3 rings (SSSR count). The first-order chi connectivity index (χ1) is 11.0. The lowest BCUT2D eigenvalue weighted by atomic mass is 10.2. The van der Waals surface area contributed by atoms with Crippen LogP contribution < -0.4 is 10.9 Å². The van der Waals surface area contributed by atoms with Crippen molar-refractivity contribution in [3.63, 3.8) is 0 Å². The molecule has 2 N–H and O–H groups in total. The Morgan fingerprint density at radius 2 is 1.78 bits per heavy atom. The van der Waals surface area contributed by atoms with E-state index in [1.165, 1.54) is 28.6 Å². The maximum absolute atomic E-state index is 12.5. The van der Waals surface area contributed by atoms with Crippen LogP contribution >= 0.6 is 0 Å². The number of hydrogen-bond acceptors (Lipinski definition) is 4. The first-order valence-corrected chi connectivity index (χ1v) is 9.13. The molecule has 23 heavy (non-hydrogen) atoms. The van der Waals surface area contributed by atoms with Crippen LogP contribution in [-0.4, -0.2) is 37.6 Å². The molecule has 124 valence electrons. The van der Waals surface area contributed by atoms with Gasteiger partial charge in [0, 0.05) is 24.6 Å². The van der Waals surface area contributed by atoms with Gasteiger partial charge in [0.05, 0.1) is 4.90 Å². The molecule has 0 spiro atoms. The lowest BCUT2D eigenvalue weighted by Crippen LogP contribution is -2.42. The zero-order valence-corrected chi connectivity index (χ0v) is 13.4. The summed E-state index contributed by atoms with van der Waals surface area (Å²) >= 11 is 0. The molecule has 2 amide bonds. The highest BCUT2D eigenvalue weighted by atomic mass is 32.2. The molecule has 1 aromatic rings. The number of carbonyl (C=O) groups excluding carboxylic acids is 2. The Hall–Kier alpha value is -1.93. The summed E-state index contributed by atoms with van der Waals surface area (Å²) in [7, 11) is -3.56. The smallest absolute Gasteiger partial charge is 0.269 e. The van der Waals surface area contributed by atoms with Crippen LogP contribution in [0.5, 0.6) is 0 Å². The van der Waals surface area contributed by atoms with Crippen LogP contribution in [0, 0.1) is 5.92 Å². The minimum Gasteiger partial charge on any atom is -0.273 e. The highest BCUT2D eigenvalue weighted by molar-refractivity contribution is 7.89. The molecule has 0 aromatic heterocycles. The third kappa shape index (κ3) is 3.53. The number of hydrogen-bond donors (Lipinski definition) is 2. The third-order valence-electron chi connectivity index (χ3n) is 4.05. The zero-order chi connectivity index (χ0) is 16.4. The predicted octanol–water partition coefficient (Wildman–Crippen LogP) is 0.642. The average Bonchev–Trinajstić information content (AvgIpc) is 3.26. The van der Waals surface area contributed by atoms with E-state index in [2.05, 4.69) is 10.9 Å². The lowest BCUT2D eigenvalue weighted by Gasteiger charge is -2.16. The molecule has 8 heteroatoms. The van der Waals surface area contributed by atoms with E-state index in [1.54, 1.807) is 0 Å². The van der Waals surface area contributed by atoms with Crippen LogP contribution in [0.2, 0.25) is 0 Å². The Balaban J connectivity index is 1.71. The largest absolute Gasteiger partial charge is 0.273 e. The van der Waals surface area contributed by atoms with Crippen molar-refractivity contribution < 1.29 is 18.0 Å². The van der Waals surface area contributed by atoms with E-state index in [9.17, 15) is 18.0 Å². The molecule has 7 nitrogen and oxygen atoms in total. The van der Waals surface area contributed by atoms with Crippen molar-refractivity contribution in [2.75, 3.05) is 13.1 Å². The second-order valence-electron chi connectivity index (χ2n) is 5.86. The Morgan fingerprint density at radius 3 is 2.43 bits per heavy atom. The Kier molecular flexibility index (Phi) is 4.36. The minimum absolute atomic E-state index is 0.0165. The monoisotopic (exact) mass is 337 g/mol. The van der Waals surface area contributed by atoms with E-state index < -0.39 is 15.9 Å². The minimum atomic E-state index is -3.56. The fourth-order valence-electron chi connectivity index (χ4n) is 2.51. The van der Waals surface area contributed by atoms with Crippen molar-refractivity contribution >= 4 is 21.8 Å². The number of carbonyl (C=O) groups is 2. The molecule has 1 aliphatic carbocycles. The number of nitrogens with zero attached hydrogens (tertiary/aromatic N) is 1. The van der Waals surface area contributed by atoms with Crippen LogP contribution in [0.15, 0.2) is 29.2 Å². The molecule has 0 bridgehead atoms. The SMILES string of the molecule is O=C(NNC(=O)C1CC1)c1cccc(S(=O)(=O)N2CCCC2)c1. The molecule has 1 aromatic carbocycles. The Bertz CT molecular complexity index is 722. The number of amides is 2. The van der Waals surface area contributed by atoms with Gasteiger partial charge in [0.25, 0.3) is 5.91 Å². The van der Waals surface area contributed by atoms with Gasteiger partial charge in [-0.25, -0.2) is 8.42 Å². The maximum atomic E-state index is 12.5. The van der Waals surface area contributed by atoms with Gasteiger partial charge >= 0.3 is 0 Å². The summed E-state index contributed by atoms with van der Waals surface area (Å²) in [6.45, 7) is 1.02. The normalized spacial score (nSPS) is 18.6. The molecule has 2 aliphatic rings. The van der Waals surface area contributed by atoms with Crippen molar-refractivity contribution in [3.8, 4) is 0 Å². The van der Waals surface area contributed by atoms with E-state index in [-0.39, 0.29) is 22.3 Å². The topological polar surface area (TPSA) is 95.6 Å². The highest BCUT2D eigenvalue weighted by Gasteiger charge is 2.30. The van der Waals surface area contributed by atoms with E-state index in [0.717, 1.165) is 25.7 Å². The zero-order valence-electron chi connectivity index (χ0n) is 12.6. The quantitative estimate of drug-likeness (QED) is 0.788. The van der Waals surface area contributed by atoms with Crippen LogP contribution in [0.3, 0.4) is 0 Å². The Morgan fingerprint density at radius 1 is 1.09 bits per heavy atom. The molecule has 0 radical (unpaired) electrons. The second-order valence-corrected chi connectivity index (χ2v) is 7.79. The van der Waals surface area contributed by atoms with Crippen molar-refractivity contribution in [1.29, 1.82) is 0 Å². The first-order valence-electron chi connectivity index (χ1n) is 7.69. The predicted molar refractivity (Wildman–Crippen MR) is 82.8 cm³/mol. The summed E-state index contributed by atoms with van der Waals surface area (Å²) in [4.78, 5) is 23.7. The van der Waals surface area contributed by atoms with E-state index in [0.29, 0.717) is 13.1 Å². The second kappa shape index (κ2) is 6.29. The van der Waals surface area contributed by atoms with Crippen LogP contribution in [0.25, 0.3) is 0 Å². The molecule has 2 fully saturated rings. The fourth-order valence-corrected chi connectivity index (χ4v) is 4.08. The van der Waals surface area contributed by atoms with Gasteiger partial charge < -0.3 is 0 Å². The summed E-state index contributed by atoms with van der Waals surface area (Å²) in [6.07, 6.45) is 3.38. The number of benzene rings is 1. The van der Waals surface area contributed by atoms with Crippen LogP contribution in [-0.2, 0) is 14.8 Å². The third-order valence-corrected chi connectivity index (χ3v) is 5.94. The molecule has 1 aliphatic heterocycles. The van der Waals surface area contributed by atoms with Gasteiger partial charge in [0.2, 0.25) is 15.9 Å². The highest BCUT2D eigenvalue weighted by Crippen LogP contribution is 2.28. The van der Waals surface area contributed by atoms with Crippen LogP contribution in [0.1, 0.15) is 36.0 Å². The molecule has 0 atom stereocenters. The molecule has 1 saturated carbocycles. The summed E-state index contributed by atoms with van der Waals surface area (Å²) in [5.41, 5.74) is 4.87. The molecule has 1 heterocycles. The number of hydrazine groups is 1. The van der Waals surface area contributed by atoms with Crippen molar-refractivity contribution in [2.24, 2.45) is 5.92 Å². The molecular weight excluding hydrogens is 318 g/mol. The van der Waals surface area contributed by atoms with Gasteiger partial charge in [0.1, 0.15) is 0 Å². The number of sulfonamides is 1. The first kappa shape index (κ1) is 15.9. The van der Waals surface area contributed by atoms with Crippen molar-refractivity contribution in [1.82, 2.24) is 15.2 Å². The summed E-state index contributed by atoms with van der Waals surface area (Å²) < 4.78 is 26.4. The van der Waals surface area contributed by atoms with Gasteiger partial charge in [-0.2, -0.15) is 4.31 Å². The van der Waals surface area contributed by atoms with Crippen molar-refractivity contribution in [2.45, 2.75) is 30.6 Å². The summed E-state index contributed by atoms with van der Waals surface area (Å²) in [5, 5.41) is 0. The van der Waals surface area contributed by atoms with E-state index in [4.69, 9.17) is 0 Å². The van der Waals surface area contributed by atoms with Crippen LogP contribution in [0.4, 0.5) is 0 Å².